The van der Waals surface area contributed by atoms with Gasteiger partial charge in [-0.25, -0.2) is 0 Å². The van der Waals surface area contributed by atoms with Gasteiger partial charge in [-0.3, -0.25) is 4.68 Å². The lowest BCUT2D eigenvalue weighted by Gasteiger charge is -2.18. The maximum absolute atomic E-state index is 6.05. The molecule has 1 aromatic heterocycles. The first-order valence-corrected chi connectivity index (χ1v) is 8.20. The Hall–Kier alpha value is -0.360. The van der Waals surface area contributed by atoms with Gasteiger partial charge in [0.1, 0.15) is 0 Å². The summed E-state index contributed by atoms with van der Waals surface area (Å²) >= 11 is 13.1. The second-order valence-electron chi connectivity index (χ2n) is 4.69. The summed E-state index contributed by atoms with van der Waals surface area (Å²) in [5.41, 5.74) is 3.37. The van der Waals surface area contributed by atoms with Crippen LogP contribution in [0.15, 0.2) is 27.1 Å². The largest absolute Gasteiger partial charge is 0.313 e. The average Bonchev–Trinajstić information content (AvgIpc) is 2.65. The van der Waals surface area contributed by atoms with Crippen LogP contribution in [0, 0.1) is 6.92 Å². The average molecular weight is 422 g/mol. The molecule has 0 fully saturated rings. The van der Waals surface area contributed by atoms with Crippen LogP contribution < -0.4 is 5.32 Å². The summed E-state index contributed by atoms with van der Waals surface area (Å²) in [5.74, 6) is 0. The molecule has 2 rings (SSSR count). The molecule has 1 atom stereocenters. The molecule has 0 aliphatic heterocycles. The molecule has 0 spiro atoms. The molecule has 0 aliphatic rings. The van der Waals surface area contributed by atoms with E-state index in [0.717, 1.165) is 26.1 Å². The van der Waals surface area contributed by atoms with Crippen molar-refractivity contribution in [3.05, 3.63) is 49.1 Å². The number of rotatable bonds is 4. The summed E-state index contributed by atoms with van der Waals surface area (Å²) in [6.45, 7) is 2.00. The first kappa shape index (κ1) is 16.0. The van der Waals surface area contributed by atoms with Crippen LogP contribution in [0.25, 0.3) is 0 Å². The van der Waals surface area contributed by atoms with Crippen molar-refractivity contribution >= 4 is 43.5 Å². The SMILES string of the molecule is CNC(Cc1c(Br)c(C)nn1C)c1ccc(Cl)c(Br)c1. The Morgan fingerprint density at radius 2 is 2.10 bits per heavy atom. The molecule has 0 saturated carbocycles. The molecule has 6 heteroatoms. The van der Waals surface area contributed by atoms with Crippen LogP contribution in [0.3, 0.4) is 0 Å². The van der Waals surface area contributed by atoms with Crippen LogP contribution >= 0.6 is 43.5 Å². The summed E-state index contributed by atoms with van der Waals surface area (Å²) in [4.78, 5) is 0. The van der Waals surface area contributed by atoms with Crippen LogP contribution in [-0.4, -0.2) is 16.8 Å². The van der Waals surface area contributed by atoms with E-state index in [1.807, 2.05) is 37.8 Å². The van der Waals surface area contributed by atoms with Gasteiger partial charge in [0.05, 0.1) is 20.9 Å². The Morgan fingerprint density at radius 3 is 2.60 bits per heavy atom. The van der Waals surface area contributed by atoms with Crippen molar-refractivity contribution in [1.82, 2.24) is 15.1 Å². The van der Waals surface area contributed by atoms with Crippen molar-refractivity contribution in [2.24, 2.45) is 7.05 Å². The van der Waals surface area contributed by atoms with Crippen LogP contribution in [0.5, 0.6) is 0 Å². The number of hydrogen-bond acceptors (Lipinski definition) is 2. The molecule has 0 aliphatic carbocycles. The highest BCUT2D eigenvalue weighted by Crippen LogP contribution is 2.29. The molecule has 2 aromatic rings. The van der Waals surface area contributed by atoms with Crippen LogP contribution in [0.4, 0.5) is 0 Å². The lowest BCUT2D eigenvalue weighted by atomic mass is 10.0. The maximum atomic E-state index is 6.05. The minimum absolute atomic E-state index is 0.203. The fraction of sp³-hybridized carbons (Fsp3) is 0.357. The third-order valence-corrected chi connectivity index (χ3v) is 5.60. The molecule has 1 heterocycles. The zero-order chi connectivity index (χ0) is 14.9. The van der Waals surface area contributed by atoms with Crippen molar-refractivity contribution in [2.45, 2.75) is 19.4 Å². The van der Waals surface area contributed by atoms with Crippen molar-refractivity contribution in [2.75, 3.05) is 7.05 Å². The van der Waals surface area contributed by atoms with Gasteiger partial charge in [-0.2, -0.15) is 5.10 Å². The molecule has 1 aromatic carbocycles. The van der Waals surface area contributed by atoms with Gasteiger partial charge in [-0.15, -0.1) is 0 Å². The number of likely N-dealkylation sites (N-methyl/N-ethyl adjacent to an activating group) is 1. The zero-order valence-corrected chi connectivity index (χ0v) is 15.5. The minimum Gasteiger partial charge on any atom is -0.313 e. The normalized spacial score (nSPS) is 12.7. The fourth-order valence-electron chi connectivity index (χ4n) is 2.21. The minimum atomic E-state index is 0.203. The van der Waals surface area contributed by atoms with Gasteiger partial charge in [0.2, 0.25) is 0 Å². The summed E-state index contributed by atoms with van der Waals surface area (Å²) < 4.78 is 3.92. The van der Waals surface area contributed by atoms with Gasteiger partial charge < -0.3 is 5.32 Å². The quantitative estimate of drug-likeness (QED) is 0.793. The lowest BCUT2D eigenvalue weighted by molar-refractivity contribution is 0.560. The molecule has 0 saturated heterocycles. The highest BCUT2D eigenvalue weighted by molar-refractivity contribution is 9.10. The molecular weight excluding hydrogens is 405 g/mol. The molecule has 20 heavy (non-hydrogen) atoms. The summed E-state index contributed by atoms with van der Waals surface area (Å²) in [6.07, 6.45) is 0.850. The van der Waals surface area contributed by atoms with E-state index in [-0.39, 0.29) is 6.04 Å². The van der Waals surface area contributed by atoms with Crippen molar-refractivity contribution in [1.29, 1.82) is 0 Å². The second kappa shape index (κ2) is 6.60. The second-order valence-corrected chi connectivity index (χ2v) is 6.74. The summed E-state index contributed by atoms with van der Waals surface area (Å²) in [5, 5.41) is 8.51. The lowest BCUT2D eigenvalue weighted by Crippen LogP contribution is -2.20. The van der Waals surface area contributed by atoms with Crippen molar-refractivity contribution in [3.63, 3.8) is 0 Å². The summed E-state index contributed by atoms with van der Waals surface area (Å²) in [6, 6.07) is 6.22. The number of nitrogens with one attached hydrogen (secondary N) is 1. The number of halogens is 3. The van der Waals surface area contributed by atoms with Gasteiger partial charge in [0.15, 0.2) is 0 Å². The van der Waals surface area contributed by atoms with Gasteiger partial charge in [-0.1, -0.05) is 17.7 Å². The van der Waals surface area contributed by atoms with Gasteiger partial charge in [0, 0.05) is 24.0 Å². The monoisotopic (exact) mass is 419 g/mol. The third-order valence-electron chi connectivity index (χ3n) is 3.35. The van der Waals surface area contributed by atoms with Crippen LogP contribution in [0.2, 0.25) is 5.02 Å². The zero-order valence-electron chi connectivity index (χ0n) is 11.5. The predicted octanol–water partition coefficient (Wildman–Crippen LogP) is 4.41. The molecule has 1 N–H and O–H groups in total. The molecule has 0 bridgehead atoms. The maximum Gasteiger partial charge on any atom is 0.0738 e. The van der Waals surface area contributed by atoms with Gasteiger partial charge in [-0.05, 0) is 63.5 Å². The standard InChI is InChI=1S/C14H16Br2ClN3/c1-8-14(16)13(20(3)19-8)7-12(18-2)9-4-5-11(17)10(15)6-9/h4-6,12,18H,7H2,1-3H3. The predicted molar refractivity (Wildman–Crippen MR) is 90.3 cm³/mol. The number of aromatic nitrogens is 2. The Balaban J connectivity index is 2.31. The summed E-state index contributed by atoms with van der Waals surface area (Å²) in [7, 11) is 3.93. The molecule has 3 nitrogen and oxygen atoms in total. The highest BCUT2D eigenvalue weighted by Gasteiger charge is 2.17. The number of hydrogen-bond donors (Lipinski definition) is 1. The molecular formula is C14H16Br2ClN3. The van der Waals surface area contributed by atoms with Crippen molar-refractivity contribution < 1.29 is 0 Å². The van der Waals surface area contributed by atoms with Crippen LogP contribution in [0.1, 0.15) is 23.0 Å². The van der Waals surface area contributed by atoms with Gasteiger partial charge in [0.25, 0.3) is 0 Å². The Kier molecular flexibility index (Phi) is 5.29. The Morgan fingerprint density at radius 1 is 1.40 bits per heavy atom. The fourth-order valence-corrected chi connectivity index (χ4v) is 3.22. The van der Waals surface area contributed by atoms with E-state index in [1.54, 1.807) is 0 Å². The van der Waals surface area contributed by atoms with E-state index >= 15 is 0 Å². The number of aryl methyl sites for hydroxylation is 2. The van der Waals surface area contributed by atoms with Gasteiger partial charge >= 0.3 is 0 Å². The van der Waals surface area contributed by atoms with E-state index in [4.69, 9.17) is 11.6 Å². The topological polar surface area (TPSA) is 29.9 Å². The third kappa shape index (κ3) is 3.27. The molecule has 108 valence electrons. The van der Waals surface area contributed by atoms with E-state index in [1.165, 1.54) is 11.3 Å². The van der Waals surface area contributed by atoms with Crippen LogP contribution in [-0.2, 0) is 13.5 Å². The van der Waals surface area contributed by atoms with E-state index in [9.17, 15) is 0 Å². The first-order chi connectivity index (χ1) is 9.43. The first-order valence-electron chi connectivity index (χ1n) is 6.24. The molecule has 1 unspecified atom stereocenters. The highest BCUT2D eigenvalue weighted by atomic mass is 79.9. The molecule has 0 radical (unpaired) electrons. The Bertz CT molecular complexity index is 625. The molecule has 0 amide bonds. The van der Waals surface area contributed by atoms with E-state index < -0.39 is 0 Å². The van der Waals surface area contributed by atoms with E-state index in [2.05, 4.69) is 48.3 Å². The van der Waals surface area contributed by atoms with Crippen molar-refractivity contribution in [3.8, 4) is 0 Å². The van der Waals surface area contributed by atoms with E-state index in [0.29, 0.717) is 0 Å². The number of nitrogens with zero attached hydrogens (tertiary/aromatic N) is 2. The smallest absolute Gasteiger partial charge is 0.0738 e. The number of benzene rings is 1. The Labute approximate surface area is 141 Å².